The van der Waals surface area contributed by atoms with Crippen molar-refractivity contribution in [3.8, 4) is 0 Å². The second kappa shape index (κ2) is 3.27. The molecule has 2 fully saturated rings. The first kappa shape index (κ1) is 9.26. The summed E-state index contributed by atoms with van der Waals surface area (Å²) in [6.45, 7) is 2.03. The van der Waals surface area contributed by atoms with E-state index in [9.17, 15) is 0 Å². The van der Waals surface area contributed by atoms with Crippen molar-refractivity contribution in [3.05, 3.63) is 0 Å². The van der Waals surface area contributed by atoms with E-state index in [1.807, 2.05) is 0 Å². The molecule has 2 heterocycles. The van der Waals surface area contributed by atoms with Gasteiger partial charge in [0.1, 0.15) is 0 Å². The second-order valence-electron chi connectivity index (χ2n) is 3.27. The van der Waals surface area contributed by atoms with Gasteiger partial charge in [0.2, 0.25) is 0 Å². The summed E-state index contributed by atoms with van der Waals surface area (Å²) in [6.07, 6.45) is 2.35. The molecule has 0 amide bonds. The molecule has 2 N–H and O–H groups in total. The third-order valence-electron chi connectivity index (χ3n) is 2.51. The van der Waals surface area contributed by atoms with Crippen molar-refractivity contribution in [3.63, 3.8) is 0 Å². The SMILES string of the molecule is Cl.OCC[C@]12CO[C@H](CN1)C2. The number of hydrogen-bond acceptors (Lipinski definition) is 3. The largest absolute Gasteiger partial charge is 0.396 e. The standard InChI is InChI=1S/C7H13NO2.ClH/c9-2-1-7-3-6(4-8-7)10-5-7;/h6,8-9H,1-5H2;1H/t6-,7-;/m0./s1. The fourth-order valence-electron chi connectivity index (χ4n) is 1.89. The van der Waals surface area contributed by atoms with Crippen molar-refractivity contribution in [2.24, 2.45) is 0 Å². The molecular weight excluding hydrogens is 166 g/mol. The van der Waals surface area contributed by atoms with E-state index in [0.29, 0.717) is 6.10 Å². The van der Waals surface area contributed by atoms with Crippen molar-refractivity contribution < 1.29 is 9.84 Å². The van der Waals surface area contributed by atoms with Gasteiger partial charge in [0.15, 0.2) is 0 Å². The molecule has 2 bridgehead atoms. The molecule has 0 aromatic rings. The van der Waals surface area contributed by atoms with Crippen LogP contribution < -0.4 is 5.32 Å². The Morgan fingerprint density at radius 3 is 2.82 bits per heavy atom. The summed E-state index contributed by atoms with van der Waals surface area (Å²) in [4.78, 5) is 0. The van der Waals surface area contributed by atoms with Crippen LogP contribution in [0.1, 0.15) is 12.8 Å². The molecule has 0 radical (unpaired) electrons. The highest BCUT2D eigenvalue weighted by molar-refractivity contribution is 5.85. The third kappa shape index (κ3) is 1.51. The van der Waals surface area contributed by atoms with E-state index < -0.39 is 0 Å². The predicted molar refractivity (Wildman–Crippen MR) is 44.0 cm³/mol. The van der Waals surface area contributed by atoms with E-state index in [-0.39, 0.29) is 24.6 Å². The molecule has 66 valence electrons. The number of rotatable bonds is 2. The summed E-state index contributed by atoms with van der Waals surface area (Å²) in [5, 5.41) is 12.1. The molecule has 0 unspecified atom stereocenters. The van der Waals surface area contributed by atoms with E-state index in [1.54, 1.807) is 0 Å². The average Bonchev–Trinajstić information content (AvgIpc) is 2.46. The fraction of sp³-hybridized carbons (Fsp3) is 1.00. The Labute approximate surface area is 72.5 Å². The van der Waals surface area contributed by atoms with Gasteiger partial charge in [-0.2, -0.15) is 0 Å². The van der Waals surface area contributed by atoms with Crippen LogP contribution in [-0.2, 0) is 4.74 Å². The molecule has 2 aliphatic heterocycles. The summed E-state index contributed by atoms with van der Waals surface area (Å²) in [5.74, 6) is 0. The minimum Gasteiger partial charge on any atom is -0.396 e. The molecule has 2 saturated heterocycles. The lowest BCUT2D eigenvalue weighted by Gasteiger charge is -2.25. The minimum absolute atomic E-state index is 0. The Morgan fingerprint density at radius 2 is 2.45 bits per heavy atom. The maximum atomic E-state index is 8.75. The highest BCUT2D eigenvalue weighted by atomic mass is 35.5. The van der Waals surface area contributed by atoms with E-state index in [2.05, 4.69) is 5.32 Å². The Kier molecular flexibility index (Phi) is 2.75. The van der Waals surface area contributed by atoms with Gasteiger partial charge >= 0.3 is 0 Å². The van der Waals surface area contributed by atoms with Crippen LogP contribution in [0.15, 0.2) is 0 Å². The van der Waals surface area contributed by atoms with Crippen molar-refractivity contribution in [1.29, 1.82) is 0 Å². The highest BCUT2D eigenvalue weighted by Gasteiger charge is 2.45. The van der Waals surface area contributed by atoms with Gasteiger partial charge in [0.05, 0.1) is 12.7 Å². The maximum Gasteiger partial charge on any atom is 0.0719 e. The molecule has 0 aromatic carbocycles. The Balaban J connectivity index is 0.000000605. The zero-order valence-electron chi connectivity index (χ0n) is 6.38. The summed E-state index contributed by atoms with van der Waals surface area (Å²) >= 11 is 0. The topological polar surface area (TPSA) is 41.5 Å². The zero-order valence-corrected chi connectivity index (χ0v) is 7.19. The van der Waals surface area contributed by atoms with Crippen LogP contribution in [0.3, 0.4) is 0 Å². The van der Waals surface area contributed by atoms with Crippen molar-refractivity contribution in [1.82, 2.24) is 5.32 Å². The van der Waals surface area contributed by atoms with Crippen LogP contribution in [0.5, 0.6) is 0 Å². The first-order chi connectivity index (χ1) is 4.85. The lowest BCUT2D eigenvalue weighted by atomic mass is 9.97. The van der Waals surface area contributed by atoms with Crippen molar-refractivity contribution >= 4 is 12.4 Å². The van der Waals surface area contributed by atoms with Crippen LogP contribution in [0, 0.1) is 0 Å². The van der Waals surface area contributed by atoms with E-state index >= 15 is 0 Å². The van der Waals surface area contributed by atoms with Gasteiger partial charge < -0.3 is 15.2 Å². The zero-order chi connectivity index (χ0) is 7.03. The highest BCUT2D eigenvalue weighted by Crippen LogP contribution is 2.32. The summed E-state index contributed by atoms with van der Waals surface area (Å²) < 4.78 is 5.43. The Morgan fingerprint density at radius 1 is 1.64 bits per heavy atom. The van der Waals surface area contributed by atoms with Crippen LogP contribution in [-0.4, -0.2) is 36.5 Å². The van der Waals surface area contributed by atoms with Crippen molar-refractivity contribution in [2.75, 3.05) is 19.8 Å². The molecule has 3 nitrogen and oxygen atoms in total. The van der Waals surface area contributed by atoms with Gasteiger partial charge in [-0.15, -0.1) is 12.4 Å². The molecule has 4 heteroatoms. The Hall–Kier alpha value is 0.170. The Bertz CT molecular complexity index is 134. The minimum atomic E-state index is 0. The number of hydrogen-bond donors (Lipinski definition) is 2. The first-order valence-corrected chi connectivity index (χ1v) is 3.82. The van der Waals surface area contributed by atoms with Crippen LogP contribution in [0.25, 0.3) is 0 Å². The lowest BCUT2D eigenvalue weighted by Crippen LogP contribution is -2.45. The molecule has 0 spiro atoms. The van der Waals surface area contributed by atoms with Gasteiger partial charge in [-0.25, -0.2) is 0 Å². The molecule has 11 heavy (non-hydrogen) atoms. The maximum absolute atomic E-state index is 8.75. The number of halogens is 1. The summed E-state index contributed by atoms with van der Waals surface area (Å²) in [7, 11) is 0. The molecule has 0 aromatic heterocycles. The summed E-state index contributed by atoms with van der Waals surface area (Å²) in [6, 6.07) is 0. The van der Waals surface area contributed by atoms with Crippen LogP contribution in [0.2, 0.25) is 0 Å². The van der Waals surface area contributed by atoms with Gasteiger partial charge in [0.25, 0.3) is 0 Å². The number of ether oxygens (including phenoxy) is 1. The number of morpholine rings is 1. The van der Waals surface area contributed by atoms with E-state index in [0.717, 1.165) is 26.0 Å². The van der Waals surface area contributed by atoms with Crippen LogP contribution in [0.4, 0.5) is 0 Å². The smallest absolute Gasteiger partial charge is 0.0719 e. The molecule has 2 rings (SSSR count). The first-order valence-electron chi connectivity index (χ1n) is 3.82. The second-order valence-corrected chi connectivity index (χ2v) is 3.27. The lowest BCUT2D eigenvalue weighted by molar-refractivity contribution is 0.0631. The molecular formula is C7H14ClNO2. The summed E-state index contributed by atoms with van der Waals surface area (Å²) in [5.41, 5.74) is 0.138. The molecule has 2 aliphatic rings. The normalized spacial score (nSPS) is 40.6. The fourth-order valence-corrected chi connectivity index (χ4v) is 1.89. The number of nitrogens with one attached hydrogen (secondary N) is 1. The molecule has 0 aliphatic carbocycles. The van der Waals surface area contributed by atoms with Crippen LogP contribution >= 0.6 is 12.4 Å². The van der Waals surface area contributed by atoms with Gasteiger partial charge in [-0.3, -0.25) is 0 Å². The van der Waals surface area contributed by atoms with Gasteiger partial charge in [-0.05, 0) is 12.8 Å². The van der Waals surface area contributed by atoms with E-state index in [4.69, 9.17) is 9.84 Å². The van der Waals surface area contributed by atoms with Gasteiger partial charge in [0, 0.05) is 18.7 Å². The third-order valence-corrected chi connectivity index (χ3v) is 2.51. The average molecular weight is 180 g/mol. The number of aliphatic hydroxyl groups excluding tert-OH is 1. The number of aliphatic hydroxyl groups is 1. The van der Waals surface area contributed by atoms with Crippen molar-refractivity contribution in [2.45, 2.75) is 24.5 Å². The molecule has 2 atom stereocenters. The monoisotopic (exact) mass is 179 g/mol. The quantitative estimate of drug-likeness (QED) is 0.623. The van der Waals surface area contributed by atoms with Gasteiger partial charge in [-0.1, -0.05) is 0 Å². The number of fused-ring (bicyclic) bond motifs is 2. The predicted octanol–water partition coefficient (Wildman–Crippen LogP) is -0.0785. The van der Waals surface area contributed by atoms with E-state index in [1.165, 1.54) is 0 Å². The molecule has 0 saturated carbocycles.